The molecule has 1 aliphatic heterocycles. The first-order valence-electron chi connectivity index (χ1n) is 7.56. The molecule has 112 valence electrons. The second-order valence-corrected chi connectivity index (χ2v) is 6.90. The van der Waals surface area contributed by atoms with E-state index in [0.717, 1.165) is 24.9 Å². The van der Waals surface area contributed by atoms with E-state index >= 15 is 0 Å². The minimum absolute atomic E-state index is 0.00465. The molecule has 0 bridgehead atoms. The third-order valence-corrected chi connectivity index (χ3v) is 4.15. The van der Waals surface area contributed by atoms with Crippen molar-refractivity contribution < 1.29 is 4.79 Å². The van der Waals surface area contributed by atoms with Crippen LogP contribution in [0.5, 0.6) is 0 Å². The lowest BCUT2D eigenvalue weighted by atomic mass is 9.99. The Labute approximate surface area is 121 Å². The van der Waals surface area contributed by atoms with Crippen molar-refractivity contribution in [3.63, 3.8) is 0 Å². The minimum atomic E-state index is 0.00465. The molecule has 0 aromatic carbocycles. The van der Waals surface area contributed by atoms with Crippen LogP contribution in [0.4, 0.5) is 0 Å². The predicted molar refractivity (Wildman–Crippen MR) is 81.7 cm³/mol. The van der Waals surface area contributed by atoms with Crippen LogP contribution in [0, 0.1) is 5.92 Å². The second kappa shape index (κ2) is 5.60. The Kier molecular flexibility index (Phi) is 4.23. The normalized spacial score (nSPS) is 23.4. The van der Waals surface area contributed by atoms with Crippen LogP contribution in [0.1, 0.15) is 50.9 Å². The molecule has 1 saturated heterocycles. The van der Waals surface area contributed by atoms with E-state index in [1.807, 2.05) is 23.4 Å². The zero-order valence-corrected chi connectivity index (χ0v) is 13.1. The Bertz CT molecular complexity index is 472. The Morgan fingerprint density at radius 1 is 1.40 bits per heavy atom. The Morgan fingerprint density at radius 2 is 2.10 bits per heavy atom. The lowest BCUT2D eigenvalue weighted by Gasteiger charge is -2.21. The Morgan fingerprint density at radius 3 is 2.65 bits per heavy atom. The highest BCUT2D eigenvalue weighted by Gasteiger charge is 2.33. The van der Waals surface area contributed by atoms with Crippen LogP contribution < -0.4 is 5.73 Å². The highest BCUT2D eigenvalue weighted by Crippen LogP contribution is 2.23. The van der Waals surface area contributed by atoms with Crippen LogP contribution in [-0.4, -0.2) is 34.5 Å². The quantitative estimate of drug-likeness (QED) is 0.922. The molecule has 2 rings (SSSR count). The van der Waals surface area contributed by atoms with Gasteiger partial charge in [-0.05, 0) is 39.2 Å². The fourth-order valence-electron chi connectivity index (χ4n) is 2.86. The Balaban J connectivity index is 2.07. The smallest absolute Gasteiger partial charge is 0.255 e. The molecule has 0 aliphatic carbocycles. The lowest BCUT2D eigenvalue weighted by Crippen LogP contribution is -2.32. The van der Waals surface area contributed by atoms with E-state index < -0.39 is 0 Å². The van der Waals surface area contributed by atoms with E-state index in [9.17, 15) is 4.79 Å². The fourth-order valence-corrected chi connectivity index (χ4v) is 2.86. The summed E-state index contributed by atoms with van der Waals surface area (Å²) in [6.45, 7) is 10.0. The fraction of sp³-hybridized carbons (Fsp3) is 0.688. The van der Waals surface area contributed by atoms with E-state index in [2.05, 4.69) is 32.3 Å². The number of nitrogens with zero attached hydrogens (tertiary/aromatic N) is 2. The maximum absolute atomic E-state index is 12.5. The van der Waals surface area contributed by atoms with Gasteiger partial charge >= 0.3 is 0 Å². The summed E-state index contributed by atoms with van der Waals surface area (Å²) < 4.78 is 2.08. The first-order valence-corrected chi connectivity index (χ1v) is 7.56. The molecule has 1 aromatic rings. The standard InChI is InChI=1S/C16H27N3O/c1-5-6-12-9-18(11-14(12)17)15(20)13-7-8-19(10-13)16(2,3)4/h7-8,10,12,14H,5-6,9,11,17H2,1-4H3. The predicted octanol–water partition coefficient (Wildman–Crippen LogP) is 2.44. The van der Waals surface area contributed by atoms with Gasteiger partial charge in [0.2, 0.25) is 0 Å². The molecule has 2 atom stereocenters. The van der Waals surface area contributed by atoms with Gasteiger partial charge in [0.25, 0.3) is 5.91 Å². The molecular weight excluding hydrogens is 250 g/mol. The SMILES string of the molecule is CCCC1CN(C(=O)c2ccn(C(C)(C)C)c2)CC1N. The van der Waals surface area contributed by atoms with Crippen molar-refractivity contribution in [2.24, 2.45) is 11.7 Å². The van der Waals surface area contributed by atoms with E-state index in [-0.39, 0.29) is 17.5 Å². The van der Waals surface area contributed by atoms with Crippen LogP contribution in [0.15, 0.2) is 18.5 Å². The van der Waals surface area contributed by atoms with Crippen LogP contribution in [0.3, 0.4) is 0 Å². The molecule has 1 fully saturated rings. The maximum atomic E-state index is 12.5. The van der Waals surface area contributed by atoms with E-state index in [4.69, 9.17) is 5.73 Å². The lowest BCUT2D eigenvalue weighted by molar-refractivity contribution is 0.0785. The van der Waals surface area contributed by atoms with Gasteiger partial charge in [0, 0.05) is 37.1 Å². The van der Waals surface area contributed by atoms with Gasteiger partial charge in [0.1, 0.15) is 0 Å². The van der Waals surface area contributed by atoms with E-state index in [1.54, 1.807) is 0 Å². The van der Waals surface area contributed by atoms with Crippen molar-refractivity contribution in [1.29, 1.82) is 0 Å². The number of carbonyl (C=O) groups excluding carboxylic acids is 1. The van der Waals surface area contributed by atoms with Crippen molar-refractivity contribution in [3.05, 3.63) is 24.0 Å². The number of rotatable bonds is 3. The van der Waals surface area contributed by atoms with E-state index in [0.29, 0.717) is 12.5 Å². The molecule has 1 aromatic heterocycles. The molecule has 2 heterocycles. The molecule has 2 N–H and O–H groups in total. The highest BCUT2D eigenvalue weighted by molar-refractivity contribution is 5.94. The minimum Gasteiger partial charge on any atom is -0.348 e. The van der Waals surface area contributed by atoms with Gasteiger partial charge in [0.05, 0.1) is 5.56 Å². The number of hydrogen-bond acceptors (Lipinski definition) is 2. The number of hydrogen-bond donors (Lipinski definition) is 1. The molecular formula is C16H27N3O. The molecule has 4 nitrogen and oxygen atoms in total. The molecule has 1 amide bonds. The summed E-state index contributed by atoms with van der Waals surface area (Å²) in [6.07, 6.45) is 6.16. The van der Waals surface area contributed by atoms with Crippen LogP contribution >= 0.6 is 0 Å². The molecule has 0 saturated carbocycles. The van der Waals surface area contributed by atoms with Gasteiger partial charge in [-0.15, -0.1) is 0 Å². The number of aromatic nitrogens is 1. The molecule has 0 spiro atoms. The van der Waals surface area contributed by atoms with Gasteiger partial charge in [-0.25, -0.2) is 0 Å². The van der Waals surface area contributed by atoms with Crippen molar-refractivity contribution in [1.82, 2.24) is 9.47 Å². The van der Waals surface area contributed by atoms with Crippen molar-refractivity contribution >= 4 is 5.91 Å². The molecule has 4 heteroatoms. The van der Waals surface area contributed by atoms with Gasteiger partial charge < -0.3 is 15.2 Å². The summed E-state index contributed by atoms with van der Waals surface area (Å²) in [7, 11) is 0. The maximum Gasteiger partial charge on any atom is 0.255 e. The van der Waals surface area contributed by atoms with Crippen molar-refractivity contribution in [2.75, 3.05) is 13.1 Å². The summed E-state index contributed by atoms with van der Waals surface area (Å²) >= 11 is 0. The van der Waals surface area contributed by atoms with Crippen LogP contribution in [0.2, 0.25) is 0 Å². The van der Waals surface area contributed by atoms with Gasteiger partial charge in [0.15, 0.2) is 0 Å². The monoisotopic (exact) mass is 277 g/mol. The van der Waals surface area contributed by atoms with Gasteiger partial charge in [-0.1, -0.05) is 13.3 Å². The average Bonchev–Trinajstić information content (AvgIpc) is 2.96. The summed E-state index contributed by atoms with van der Waals surface area (Å²) in [5.74, 6) is 0.565. The van der Waals surface area contributed by atoms with E-state index in [1.165, 1.54) is 0 Å². The number of amides is 1. The second-order valence-electron chi connectivity index (χ2n) is 6.90. The molecule has 0 radical (unpaired) electrons. The molecule has 20 heavy (non-hydrogen) atoms. The first kappa shape index (κ1) is 15.1. The summed E-state index contributed by atoms with van der Waals surface area (Å²) in [6, 6.07) is 2.04. The molecule has 1 aliphatic rings. The third-order valence-electron chi connectivity index (χ3n) is 4.15. The number of carbonyl (C=O) groups is 1. The Hall–Kier alpha value is -1.29. The summed E-state index contributed by atoms with van der Waals surface area (Å²) in [5, 5.41) is 0. The zero-order chi connectivity index (χ0) is 14.9. The highest BCUT2D eigenvalue weighted by atomic mass is 16.2. The van der Waals surface area contributed by atoms with Crippen molar-refractivity contribution in [3.8, 4) is 0 Å². The van der Waals surface area contributed by atoms with Crippen LogP contribution in [-0.2, 0) is 5.54 Å². The van der Waals surface area contributed by atoms with Crippen molar-refractivity contribution in [2.45, 2.75) is 52.1 Å². The summed E-state index contributed by atoms with van der Waals surface area (Å²) in [4.78, 5) is 14.4. The molecule has 2 unspecified atom stereocenters. The average molecular weight is 277 g/mol. The number of likely N-dealkylation sites (tertiary alicyclic amines) is 1. The third kappa shape index (κ3) is 3.06. The topological polar surface area (TPSA) is 51.3 Å². The number of nitrogens with two attached hydrogens (primary N) is 1. The van der Waals surface area contributed by atoms with Gasteiger partial charge in [-0.3, -0.25) is 4.79 Å². The zero-order valence-electron chi connectivity index (χ0n) is 13.1. The van der Waals surface area contributed by atoms with Crippen LogP contribution in [0.25, 0.3) is 0 Å². The first-order chi connectivity index (χ1) is 9.32. The van der Waals surface area contributed by atoms with Gasteiger partial charge in [-0.2, -0.15) is 0 Å². The largest absolute Gasteiger partial charge is 0.348 e. The summed E-state index contributed by atoms with van der Waals surface area (Å²) in [5.41, 5.74) is 6.92.